The molecule has 0 saturated carbocycles. The van der Waals surface area contributed by atoms with Crippen molar-refractivity contribution in [2.24, 2.45) is 0 Å². The van der Waals surface area contributed by atoms with Crippen LogP contribution in [0.25, 0.3) is 5.76 Å². The summed E-state index contributed by atoms with van der Waals surface area (Å²) in [6, 6.07) is 11.8. The molecule has 1 aliphatic heterocycles. The highest BCUT2D eigenvalue weighted by molar-refractivity contribution is 6.46. The van der Waals surface area contributed by atoms with Gasteiger partial charge in [0.15, 0.2) is 0 Å². The van der Waals surface area contributed by atoms with Crippen LogP contribution in [0.2, 0.25) is 0 Å². The first-order valence-corrected chi connectivity index (χ1v) is 10.3. The van der Waals surface area contributed by atoms with Crippen LogP contribution in [0.15, 0.2) is 54.1 Å². The maximum atomic E-state index is 13.3. The van der Waals surface area contributed by atoms with Crippen LogP contribution in [-0.4, -0.2) is 42.8 Å². The number of ketones is 1. The number of quaternary nitrogens is 1. The average molecular weight is 410 g/mol. The van der Waals surface area contributed by atoms with Crippen LogP contribution in [0.3, 0.4) is 0 Å². The standard InChI is InChI=1S/C24H27FN2O3/c1-4-26(5-2)14-15-27-21(17-8-6-16(3)7-9-17)20(23(29)24(27)30)22(28)18-10-12-19(25)13-11-18/h6-13,21,28H,4-5,14-15H2,1-3H3. The Hall–Kier alpha value is -2.99. The second-order valence-electron chi connectivity index (χ2n) is 7.60. The molecule has 30 heavy (non-hydrogen) atoms. The number of nitrogens with zero attached hydrogens (tertiary/aromatic N) is 1. The highest BCUT2D eigenvalue weighted by Crippen LogP contribution is 2.38. The lowest BCUT2D eigenvalue weighted by molar-refractivity contribution is -0.895. The van der Waals surface area contributed by atoms with Gasteiger partial charge in [-0.05, 0) is 44.0 Å². The number of rotatable bonds is 7. The summed E-state index contributed by atoms with van der Waals surface area (Å²) in [5.41, 5.74) is 1.89. The van der Waals surface area contributed by atoms with E-state index in [0.29, 0.717) is 13.1 Å². The third-order valence-corrected chi connectivity index (χ3v) is 5.74. The maximum Gasteiger partial charge on any atom is 0.295 e. The Balaban J connectivity index is 2.08. The van der Waals surface area contributed by atoms with E-state index in [0.717, 1.165) is 24.2 Å². The van der Waals surface area contributed by atoms with Crippen molar-refractivity contribution in [2.45, 2.75) is 26.8 Å². The van der Waals surface area contributed by atoms with Crippen molar-refractivity contribution in [3.05, 3.63) is 76.6 Å². The van der Waals surface area contributed by atoms with Crippen molar-refractivity contribution in [3.8, 4) is 0 Å². The Morgan fingerprint density at radius 3 is 2.20 bits per heavy atom. The van der Waals surface area contributed by atoms with Gasteiger partial charge in [-0.15, -0.1) is 0 Å². The van der Waals surface area contributed by atoms with Gasteiger partial charge in [0, 0.05) is 5.57 Å². The van der Waals surface area contributed by atoms with Crippen molar-refractivity contribution in [1.82, 2.24) is 4.90 Å². The topological polar surface area (TPSA) is 64.9 Å². The molecule has 1 fully saturated rings. The van der Waals surface area contributed by atoms with Crippen LogP contribution in [0, 0.1) is 12.7 Å². The Morgan fingerprint density at radius 2 is 1.63 bits per heavy atom. The summed E-state index contributed by atoms with van der Waals surface area (Å²) >= 11 is 0. The van der Waals surface area contributed by atoms with E-state index in [1.165, 1.54) is 34.1 Å². The number of aryl methyl sites for hydroxylation is 1. The minimum absolute atomic E-state index is 0.0648. The van der Waals surface area contributed by atoms with Crippen LogP contribution in [0.5, 0.6) is 0 Å². The first kappa shape index (κ1) is 21.7. The van der Waals surface area contributed by atoms with E-state index < -0.39 is 29.3 Å². The van der Waals surface area contributed by atoms with E-state index in [9.17, 15) is 19.1 Å². The molecule has 1 amide bonds. The van der Waals surface area contributed by atoms with E-state index in [1.807, 2.05) is 31.2 Å². The number of hydrogen-bond acceptors (Lipinski definition) is 3. The molecule has 6 heteroatoms. The van der Waals surface area contributed by atoms with Crippen molar-refractivity contribution in [1.29, 1.82) is 0 Å². The molecule has 158 valence electrons. The first-order valence-electron chi connectivity index (χ1n) is 10.3. The molecule has 1 saturated heterocycles. The summed E-state index contributed by atoms with van der Waals surface area (Å²) in [5, 5.41) is 13.2. The number of likely N-dealkylation sites (tertiary alicyclic amines) is 1. The van der Waals surface area contributed by atoms with Gasteiger partial charge in [-0.25, -0.2) is 4.39 Å². The minimum Gasteiger partial charge on any atom is -0.872 e. The second-order valence-corrected chi connectivity index (χ2v) is 7.60. The number of amides is 1. The van der Waals surface area contributed by atoms with Gasteiger partial charge in [0.2, 0.25) is 5.78 Å². The number of nitrogens with one attached hydrogen (secondary N) is 1. The van der Waals surface area contributed by atoms with Gasteiger partial charge < -0.3 is 14.9 Å². The molecule has 1 unspecified atom stereocenters. The molecule has 3 rings (SSSR count). The molecular formula is C24H27FN2O3. The molecule has 0 bridgehead atoms. The summed E-state index contributed by atoms with van der Waals surface area (Å²) in [6.45, 7) is 8.97. The Labute approximate surface area is 176 Å². The molecule has 0 spiro atoms. The largest absolute Gasteiger partial charge is 0.872 e. The number of Topliss-reactive ketones (excluding diaryl/α,β-unsaturated/α-hetero) is 1. The zero-order valence-corrected chi connectivity index (χ0v) is 17.6. The Morgan fingerprint density at radius 1 is 1.03 bits per heavy atom. The number of carbonyl (C=O) groups is 2. The van der Waals surface area contributed by atoms with Gasteiger partial charge in [-0.3, -0.25) is 9.59 Å². The molecule has 0 aromatic heterocycles. The number of likely N-dealkylation sites (N-methyl/N-ethyl adjacent to an activating group) is 1. The number of halogens is 1. The lowest BCUT2D eigenvalue weighted by atomic mass is 9.94. The van der Waals surface area contributed by atoms with Crippen LogP contribution in [-0.2, 0) is 9.59 Å². The third-order valence-electron chi connectivity index (χ3n) is 5.74. The lowest BCUT2D eigenvalue weighted by Gasteiger charge is -2.28. The van der Waals surface area contributed by atoms with Gasteiger partial charge in [0.1, 0.15) is 5.82 Å². The summed E-state index contributed by atoms with van der Waals surface area (Å²) in [6.07, 6.45) is 0. The average Bonchev–Trinajstić information content (AvgIpc) is 3.00. The van der Waals surface area contributed by atoms with Crippen molar-refractivity contribution >= 4 is 17.4 Å². The van der Waals surface area contributed by atoms with E-state index in [1.54, 1.807) is 0 Å². The van der Waals surface area contributed by atoms with Crippen molar-refractivity contribution < 1.29 is 24.0 Å². The molecule has 1 aliphatic rings. The summed E-state index contributed by atoms with van der Waals surface area (Å²) in [4.78, 5) is 28.6. The second kappa shape index (κ2) is 9.22. The molecule has 5 nitrogen and oxygen atoms in total. The van der Waals surface area contributed by atoms with Gasteiger partial charge in [0.05, 0.1) is 32.2 Å². The van der Waals surface area contributed by atoms with E-state index >= 15 is 0 Å². The van der Waals surface area contributed by atoms with Crippen LogP contribution in [0.1, 0.15) is 36.6 Å². The zero-order valence-electron chi connectivity index (χ0n) is 17.6. The quantitative estimate of drug-likeness (QED) is 0.425. The number of hydrogen-bond donors (Lipinski definition) is 1. The highest BCUT2D eigenvalue weighted by Gasteiger charge is 2.44. The molecule has 1 atom stereocenters. The van der Waals surface area contributed by atoms with E-state index in [2.05, 4.69) is 13.8 Å². The fourth-order valence-electron chi connectivity index (χ4n) is 3.84. The van der Waals surface area contributed by atoms with E-state index in [-0.39, 0.29) is 11.1 Å². The van der Waals surface area contributed by atoms with Gasteiger partial charge in [0.25, 0.3) is 5.91 Å². The van der Waals surface area contributed by atoms with Crippen LogP contribution < -0.4 is 10.0 Å². The predicted molar refractivity (Wildman–Crippen MR) is 111 cm³/mol. The minimum atomic E-state index is -0.774. The molecule has 2 aromatic carbocycles. The smallest absolute Gasteiger partial charge is 0.295 e. The van der Waals surface area contributed by atoms with Gasteiger partial charge in [-0.1, -0.05) is 47.7 Å². The monoisotopic (exact) mass is 410 g/mol. The van der Waals surface area contributed by atoms with Crippen LogP contribution >= 0.6 is 0 Å². The molecule has 1 heterocycles. The fraction of sp³-hybridized carbons (Fsp3) is 0.333. The summed E-state index contributed by atoms with van der Waals surface area (Å²) in [7, 11) is 0. The maximum absolute atomic E-state index is 13.3. The molecule has 1 N–H and O–H groups in total. The van der Waals surface area contributed by atoms with Gasteiger partial charge >= 0.3 is 0 Å². The molecule has 2 aromatic rings. The number of benzene rings is 2. The first-order chi connectivity index (χ1) is 14.4. The third kappa shape index (κ3) is 4.28. The molecular weight excluding hydrogens is 383 g/mol. The van der Waals surface area contributed by atoms with Crippen LogP contribution in [0.4, 0.5) is 4.39 Å². The predicted octanol–water partition coefficient (Wildman–Crippen LogP) is 1.28. The summed E-state index contributed by atoms with van der Waals surface area (Å²) in [5.74, 6) is -2.43. The van der Waals surface area contributed by atoms with Crippen molar-refractivity contribution in [3.63, 3.8) is 0 Å². The fourth-order valence-corrected chi connectivity index (χ4v) is 3.84. The summed E-state index contributed by atoms with van der Waals surface area (Å²) < 4.78 is 13.3. The molecule has 0 radical (unpaired) electrons. The van der Waals surface area contributed by atoms with Gasteiger partial charge in [-0.2, -0.15) is 0 Å². The normalized spacial score (nSPS) is 18.4. The zero-order chi connectivity index (χ0) is 21.8. The lowest BCUT2D eigenvalue weighted by Crippen LogP contribution is -3.12. The van der Waals surface area contributed by atoms with Crippen molar-refractivity contribution in [2.75, 3.05) is 26.2 Å². The Kier molecular flexibility index (Phi) is 6.67. The SMILES string of the molecule is CC[NH+](CC)CCN1C(=O)C(=O)C(=C([O-])c2ccc(F)cc2)C1c1ccc(C)cc1. The number of carbonyl (C=O) groups excluding carboxylic acids is 2. The van der Waals surface area contributed by atoms with E-state index in [4.69, 9.17) is 0 Å². The highest BCUT2D eigenvalue weighted by atomic mass is 19.1. The Bertz CT molecular complexity index is 947. The molecule has 0 aliphatic carbocycles.